The predicted molar refractivity (Wildman–Crippen MR) is 289 cm³/mol. The summed E-state index contributed by atoms with van der Waals surface area (Å²) in [7, 11) is 0. The van der Waals surface area contributed by atoms with Gasteiger partial charge >= 0.3 is 0 Å². The van der Waals surface area contributed by atoms with E-state index in [1.807, 2.05) is 0 Å². The zero-order valence-corrected chi connectivity index (χ0v) is 37.4. The van der Waals surface area contributed by atoms with Gasteiger partial charge in [0.2, 0.25) is 0 Å². The van der Waals surface area contributed by atoms with Gasteiger partial charge < -0.3 is 4.57 Å². The van der Waals surface area contributed by atoms with Crippen molar-refractivity contribution in [1.29, 1.82) is 0 Å². The van der Waals surface area contributed by atoms with E-state index in [0.717, 1.165) is 82.5 Å². The topological polar surface area (TPSA) is 43.6 Å². The van der Waals surface area contributed by atoms with Gasteiger partial charge in [-0.25, -0.2) is 15.0 Å². The van der Waals surface area contributed by atoms with Gasteiger partial charge in [0.15, 0.2) is 17.5 Å². The highest BCUT2D eigenvalue weighted by Gasteiger charge is 2.25. The van der Waals surface area contributed by atoms with Crippen LogP contribution in [0, 0.1) is 0 Å². The molecule has 0 aliphatic carbocycles. The molecule has 4 heteroatoms. The molecule has 0 aliphatic rings. The normalized spacial score (nSPS) is 11.8. The summed E-state index contributed by atoms with van der Waals surface area (Å²) in [4.78, 5) is 16.4. The zero-order valence-electron chi connectivity index (χ0n) is 37.4. The molecule has 0 fully saturated rings. The molecule has 0 aliphatic heterocycles. The summed E-state index contributed by atoms with van der Waals surface area (Å²) in [6.07, 6.45) is 0. The summed E-state index contributed by atoms with van der Waals surface area (Å²) >= 11 is 0. The molecule has 0 N–H and O–H groups in total. The Kier molecular flexibility index (Phi) is 8.86. The van der Waals surface area contributed by atoms with Crippen LogP contribution in [0.1, 0.15) is 0 Å². The number of hydrogen-bond acceptors (Lipinski definition) is 3. The molecular weight excluding hydrogens is 837 g/mol. The maximum Gasteiger partial charge on any atom is 0.164 e. The van der Waals surface area contributed by atoms with Crippen molar-refractivity contribution in [3.63, 3.8) is 0 Å². The molecule has 69 heavy (non-hydrogen) atoms. The van der Waals surface area contributed by atoms with E-state index in [4.69, 9.17) is 15.0 Å². The molecule has 0 atom stereocenters. The first-order valence-electron chi connectivity index (χ1n) is 23.5. The van der Waals surface area contributed by atoms with Gasteiger partial charge in [-0.05, 0) is 84.0 Å². The molecule has 0 amide bonds. The van der Waals surface area contributed by atoms with E-state index in [2.05, 4.69) is 247 Å². The van der Waals surface area contributed by atoms with E-state index in [0.29, 0.717) is 17.5 Å². The van der Waals surface area contributed by atoms with Crippen molar-refractivity contribution in [2.45, 2.75) is 0 Å². The molecule has 0 unspecified atom stereocenters. The first kappa shape index (κ1) is 39.0. The Morgan fingerprint density at radius 1 is 0.246 bits per heavy atom. The van der Waals surface area contributed by atoms with Crippen LogP contribution in [0.4, 0.5) is 0 Å². The minimum Gasteiger partial charge on any atom is -0.307 e. The van der Waals surface area contributed by atoms with Gasteiger partial charge in [0.1, 0.15) is 0 Å². The highest BCUT2D eigenvalue weighted by molar-refractivity contribution is 6.22. The third kappa shape index (κ3) is 6.34. The predicted octanol–water partition coefficient (Wildman–Crippen LogP) is 17.1. The number of nitrogens with zero attached hydrogens (tertiary/aromatic N) is 4. The second kappa shape index (κ2) is 15.7. The molecule has 320 valence electrons. The van der Waals surface area contributed by atoms with E-state index in [1.54, 1.807) is 0 Å². The first-order valence-corrected chi connectivity index (χ1v) is 23.5. The number of rotatable bonds is 6. The van der Waals surface area contributed by atoms with Crippen molar-refractivity contribution < 1.29 is 0 Å². The Morgan fingerprint density at radius 2 is 0.739 bits per heavy atom. The van der Waals surface area contributed by atoms with E-state index in [9.17, 15) is 0 Å². The molecule has 0 saturated carbocycles. The highest BCUT2D eigenvalue weighted by Crippen LogP contribution is 2.47. The van der Waals surface area contributed by atoms with Crippen molar-refractivity contribution in [1.82, 2.24) is 19.5 Å². The maximum atomic E-state index is 5.53. The van der Waals surface area contributed by atoms with Gasteiger partial charge in [-0.1, -0.05) is 218 Å². The van der Waals surface area contributed by atoms with Crippen LogP contribution in [0.5, 0.6) is 0 Å². The fourth-order valence-electron chi connectivity index (χ4n) is 10.8. The second-order valence-corrected chi connectivity index (χ2v) is 17.9. The minimum absolute atomic E-state index is 0.607. The standard InChI is InChI=1S/C65H40N4/c1-3-17-41(18-4-1)48-34-35-52-58(38-48)62(69-60-39-47-25-8-7-24-46(47)37-57(60)53-36-33-45-23-11-14-30-51(45)61(53)69)56(44-19-5-2-6-20-44)40-59(52)65-67-63(54-31-15-26-42-21-9-12-28-49(42)54)66-64(68-65)55-32-16-27-43-22-10-13-29-50(43)55/h1-40H. The van der Waals surface area contributed by atoms with Gasteiger partial charge in [-0.15, -0.1) is 0 Å². The second-order valence-electron chi connectivity index (χ2n) is 17.9. The van der Waals surface area contributed by atoms with Crippen LogP contribution in [0.25, 0.3) is 138 Å². The lowest BCUT2D eigenvalue weighted by Crippen LogP contribution is -2.04. The molecule has 14 rings (SSSR count). The molecule has 0 bridgehead atoms. The molecule has 2 aromatic heterocycles. The fourth-order valence-corrected chi connectivity index (χ4v) is 10.8. The van der Waals surface area contributed by atoms with Crippen molar-refractivity contribution in [2.75, 3.05) is 0 Å². The van der Waals surface area contributed by atoms with Gasteiger partial charge in [0, 0.05) is 43.8 Å². The minimum atomic E-state index is 0.607. The quantitative estimate of drug-likeness (QED) is 0.167. The SMILES string of the molecule is c1ccc(-c2ccc3c(-c4nc(-c5cccc6ccccc56)nc(-c5cccc6ccccc56)n4)cc(-c4ccccc4)c(-n4c5cc6ccccc6cc5c5ccc6ccccc6c54)c3c2)cc1. The van der Waals surface area contributed by atoms with Crippen LogP contribution in [-0.2, 0) is 0 Å². The lowest BCUT2D eigenvalue weighted by atomic mass is 9.91. The summed E-state index contributed by atoms with van der Waals surface area (Å²) in [5, 5.41) is 13.8. The summed E-state index contributed by atoms with van der Waals surface area (Å²) in [5.41, 5.74) is 10.7. The summed E-state index contributed by atoms with van der Waals surface area (Å²) in [6, 6.07) is 87.3. The van der Waals surface area contributed by atoms with Crippen molar-refractivity contribution in [3.8, 4) is 62.1 Å². The third-order valence-corrected chi connectivity index (χ3v) is 14.0. The highest BCUT2D eigenvalue weighted by atomic mass is 15.0. The van der Waals surface area contributed by atoms with E-state index in [-0.39, 0.29) is 0 Å². The van der Waals surface area contributed by atoms with Gasteiger partial charge in [0.05, 0.1) is 16.7 Å². The molecule has 4 nitrogen and oxygen atoms in total. The first-order chi connectivity index (χ1) is 34.2. The largest absolute Gasteiger partial charge is 0.307 e. The van der Waals surface area contributed by atoms with Crippen LogP contribution < -0.4 is 0 Å². The van der Waals surface area contributed by atoms with Crippen molar-refractivity contribution in [3.05, 3.63) is 243 Å². The number of benzene rings is 12. The van der Waals surface area contributed by atoms with Gasteiger partial charge in [-0.2, -0.15) is 0 Å². The Bertz CT molecular complexity index is 4250. The van der Waals surface area contributed by atoms with Crippen LogP contribution in [0.15, 0.2) is 243 Å². The Labute approximate surface area is 398 Å². The van der Waals surface area contributed by atoms with Gasteiger partial charge in [-0.3, -0.25) is 0 Å². The third-order valence-electron chi connectivity index (χ3n) is 14.0. The van der Waals surface area contributed by atoms with Crippen LogP contribution >= 0.6 is 0 Å². The number of hydrogen-bond donors (Lipinski definition) is 0. The molecule has 14 aromatic rings. The summed E-state index contributed by atoms with van der Waals surface area (Å²) < 4.78 is 2.55. The molecule has 0 radical (unpaired) electrons. The lowest BCUT2D eigenvalue weighted by molar-refractivity contribution is 1.08. The zero-order chi connectivity index (χ0) is 45.4. The van der Waals surface area contributed by atoms with Crippen molar-refractivity contribution >= 4 is 75.7 Å². The molecule has 0 spiro atoms. The molecular formula is C65H40N4. The number of aromatic nitrogens is 4. The average molecular weight is 877 g/mol. The van der Waals surface area contributed by atoms with E-state index >= 15 is 0 Å². The monoisotopic (exact) mass is 876 g/mol. The lowest BCUT2D eigenvalue weighted by Gasteiger charge is -2.21. The Hall–Kier alpha value is -9.25. The smallest absolute Gasteiger partial charge is 0.164 e. The van der Waals surface area contributed by atoms with Crippen molar-refractivity contribution in [2.24, 2.45) is 0 Å². The maximum absolute atomic E-state index is 5.53. The van der Waals surface area contributed by atoms with Crippen LogP contribution in [-0.4, -0.2) is 19.5 Å². The average Bonchev–Trinajstić information content (AvgIpc) is 3.74. The van der Waals surface area contributed by atoms with E-state index in [1.165, 1.54) is 37.8 Å². The Balaban J connectivity index is 1.16. The van der Waals surface area contributed by atoms with E-state index < -0.39 is 0 Å². The number of fused-ring (bicyclic) bond motifs is 9. The van der Waals surface area contributed by atoms with Gasteiger partial charge in [0.25, 0.3) is 0 Å². The molecule has 12 aromatic carbocycles. The summed E-state index contributed by atoms with van der Waals surface area (Å²) in [6.45, 7) is 0. The summed E-state index contributed by atoms with van der Waals surface area (Å²) in [5.74, 6) is 1.86. The van der Waals surface area contributed by atoms with Crippen LogP contribution in [0.2, 0.25) is 0 Å². The molecule has 2 heterocycles. The Morgan fingerprint density at radius 3 is 1.38 bits per heavy atom. The molecule has 0 saturated heterocycles. The van der Waals surface area contributed by atoms with Crippen LogP contribution in [0.3, 0.4) is 0 Å². The fraction of sp³-hybridized carbons (Fsp3) is 0.